The van der Waals surface area contributed by atoms with Crippen LogP contribution in [0.15, 0.2) is 36.5 Å². The quantitative estimate of drug-likeness (QED) is 0.246. The summed E-state index contributed by atoms with van der Waals surface area (Å²) in [6.07, 6.45) is 21.2. The van der Waals surface area contributed by atoms with Gasteiger partial charge in [0.25, 0.3) is 0 Å². The van der Waals surface area contributed by atoms with Gasteiger partial charge in [-0.3, -0.25) is 0 Å². The summed E-state index contributed by atoms with van der Waals surface area (Å²) in [6, 6.07) is 0. The molecular weight excluding hydrogens is 264 g/mol. The molecule has 0 saturated carbocycles. The summed E-state index contributed by atoms with van der Waals surface area (Å²) in [4.78, 5) is 10.2. The second kappa shape index (κ2) is 11.3. The first kappa shape index (κ1) is 17.7. The molecule has 0 aliphatic carbocycles. The fourth-order valence-electron chi connectivity index (χ4n) is 2.33. The first-order valence-electron chi connectivity index (χ1n) is 8.12. The summed E-state index contributed by atoms with van der Waals surface area (Å²) in [5, 5.41) is 8.39. The van der Waals surface area contributed by atoms with Crippen molar-refractivity contribution in [3.05, 3.63) is 36.5 Å². The lowest BCUT2D eigenvalue weighted by Crippen LogP contribution is -1.94. The second-order valence-corrected chi connectivity index (χ2v) is 5.50. The number of hydrogen-bond acceptors (Lipinski definition) is 2. The number of carboxylic acids is 1. The Labute approximate surface area is 128 Å². The van der Waals surface area contributed by atoms with E-state index < -0.39 is 5.97 Å². The molecule has 1 heterocycles. The van der Waals surface area contributed by atoms with Crippen LogP contribution in [0.5, 0.6) is 0 Å². The molecule has 0 aromatic rings. The van der Waals surface area contributed by atoms with Gasteiger partial charge in [-0.25, -0.2) is 4.79 Å². The molecule has 0 aromatic carbocycles. The van der Waals surface area contributed by atoms with Gasteiger partial charge in [-0.15, -0.1) is 0 Å². The highest BCUT2D eigenvalue weighted by Gasteiger charge is 2.36. The topological polar surface area (TPSA) is 49.8 Å². The minimum atomic E-state index is -0.918. The average molecular weight is 292 g/mol. The van der Waals surface area contributed by atoms with Gasteiger partial charge in [0.05, 0.1) is 12.2 Å². The monoisotopic (exact) mass is 292 g/mol. The largest absolute Gasteiger partial charge is 0.478 e. The van der Waals surface area contributed by atoms with Crippen molar-refractivity contribution in [2.75, 3.05) is 0 Å². The first-order chi connectivity index (χ1) is 10.2. The molecule has 1 aliphatic heterocycles. The van der Waals surface area contributed by atoms with E-state index in [-0.39, 0.29) is 0 Å². The van der Waals surface area contributed by atoms with Crippen LogP contribution in [0.1, 0.15) is 58.3 Å². The Morgan fingerprint density at radius 3 is 2.33 bits per heavy atom. The zero-order valence-electron chi connectivity index (χ0n) is 13.0. The molecule has 0 bridgehead atoms. The van der Waals surface area contributed by atoms with E-state index in [2.05, 4.69) is 13.0 Å². The second-order valence-electron chi connectivity index (χ2n) is 5.50. The Morgan fingerprint density at radius 1 is 1.00 bits per heavy atom. The van der Waals surface area contributed by atoms with Gasteiger partial charge in [0.15, 0.2) is 0 Å². The third-order valence-electron chi connectivity index (χ3n) is 3.60. The molecule has 1 unspecified atom stereocenters. The molecule has 1 rings (SSSR count). The summed E-state index contributed by atoms with van der Waals surface area (Å²) < 4.78 is 5.67. The van der Waals surface area contributed by atoms with Crippen LogP contribution in [0.2, 0.25) is 0 Å². The highest BCUT2D eigenvalue weighted by Crippen LogP contribution is 2.31. The van der Waals surface area contributed by atoms with Gasteiger partial charge in [0.1, 0.15) is 0 Å². The summed E-state index contributed by atoms with van der Waals surface area (Å²) in [6.45, 7) is 2.23. The van der Waals surface area contributed by atoms with Gasteiger partial charge in [-0.05, 0) is 25.7 Å². The van der Waals surface area contributed by atoms with Gasteiger partial charge in [0.2, 0.25) is 0 Å². The lowest BCUT2D eigenvalue weighted by Gasteiger charge is -1.96. The molecule has 1 aliphatic rings. The Balaban J connectivity index is 1.90. The van der Waals surface area contributed by atoms with Crippen LogP contribution in [-0.4, -0.2) is 23.3 Å². The Kier molecular flexibility index (Phi) is 9.55. The van der Waals surface area contributed by atoms with E-state index in [9.17, 15) is 4.79 Å². The summed E-state index contributed by atoms with van der Waals surface area (Å²) in [5.41, 5.74) is 0. The van der Waals surface area contributed by atoms with Crippen LogP contribution >= 0.6 is 0 Å². The highest BCUT2D eigenvalue weighted by atomic mass is 16.6. The number of epoxide rings is 1. The van der Waals surface area contributed by atoms with Gasteiger partial charge < -0.3 is 9.84 Å². The Hall–Kier alpha value is -1.35. The third kappa shape index (κ3) is 10.1. The van der Waals surface area contributed by atoms with Crippen molar-refractivity contribution in [2.45, 2.75) is 70.5 Å². The predicted molar refractivity (Wildman–Crippen MR) is 86.3 cm³/mol. The van der Waals surface area contributed by atoms with Crippen LogP contribution in [0.3, 0.4) is 0 Å². The van der Waals surface area contributed by atoms with Gasteiger partial charge in [-0.2, -0.15) is 0 Å². The zero-order valence-corrected chi connectivity index (χ0v) is 13.0. The van der Waals surface area contributed by atoms with Crippen molar-refractivity contribution < 1.29 is 14.6 Å². The third-order valence-corrected chi connectivity index (χ3v) is 3.60. The smallest absolute Gasteiger partial charge is 0.328 e. The number of rotatable bonds is 12. The molecule has 0 spiro atoms. The summed E-state index contributed by atoms with van der Waals surface area (Å²) in [5.74, 6) is -0.918. The van der Waals surface area contributed by atoms with Crippen LogP contribution < -0.4 is 0 Å². The average Bonchev–Trinajstić information content (AvgIpc) is 3.19. The number of ether oxygens (including phenoxy) is 1. The SMILES string of the molecule is CCCCC[C@@H]1OC1CCCC/C=C/C=C/C=C/C(=O)O. The molecule has 21 heavy (non-hydrogen) atoms. The molecule has 0 aromatic heterocycles. The van der Waals surface area contributed by atoms with E-state index in [0.717, 1.165) is 12.5 Å². The van der Waals surface area contributed by atoms with Crippen molar-refractivity contribution in [3.8, 4) is 0 Å². The van der Waals surface area contributed by atoms with Crippen LogP contribution in [0.4, 0.5) is 0 Å². The van der Waals surface area contributed by atoms with Crippen molar-refractivity contribution >= 4 is 5.97 Å². The minimum Gasteiger partial charge on any atom is -0.478 e. The molecule has 3 heteroatoms. The van der Waals surface area contributed by atoms with Gasteiger partial charge >= 0.3 is 5.97 Å². The number of carboxylic acid groups (broad SMARTS) is 1. The Morgan fingerprint density at radius 2 is 1.67 bits per heavy atom. The van der Waals surface area contributed by atoms with Gasteiger partial charge in [-0.1, -0.05) is 63.0 Å². The maximum Gasteiger partial charge on any atom is 0.328 e. The van der Waals surface area contributed by atoms with E-state index >= 15 is 0 Å². The van der Waals surface area contributed by atoms with Gasteiger partial charge in [0, 0.05) is 6.08 Å². The normalized spacial score (nSPS) is 21.8. The first-order valence-corrected chi connectivity index (χ1v) is 8.12. The summed E-state index contributed by atoms with van der Waals surface area (Å²) >= 11 is 0. The van der Waals surface area contributed by atoms with E-state index in [0.29, 0.717) is 12.2 Å². The fourth-order valence-corrected chi connectivity index (χ4v) is 2.33. The molecule has 2 atom stereocenters. The number of aliphatic carboxylic acids is 1. The maximum atomic E-state index is 10.2. The van der Waals surface area contributed by atoms with Crippen LogP contribution in [-0.2, 0) is 9.53 Å². The Bertz CT molecular complexity index is 369. The molecule has 1 N–H and O–H groups in total. The standard InChI is InChI=1S/C18H28O3/c1-2-3-10-13-16-17(21-16)14-11-8-6-4-5-7-9-12-15-18(19)20/h4-5,7,9,12,15-17H,2-3,6,8,10-11,13-14H2,1H3,(H,19,20)/b5-4+,9-7+,15-12+/t16-,17?/m0/s1. The fraction of sp³-hybridized carbons (Fsp3) is 0.611. The highest BCUT2D eigenvalue weighted by molar-refractivity contribution is 5.80. The van der Waals surface area contributed by atoms with Crippen LogP contribution in [0.25, 0.3) is 0 Å². The zero-order chi connectivity index (χ0) is 15.3. The molecule has 3 nitrogen and oxygen atoms in total. The van der Waals surface area contributed by atoms with Crippen molar-refractivity contribution in [3.63, 3.8) is 0 Å². The van der Waals surface area contributed by atoms with Crippen molar-refractivity contribution in [1.82, 2.24) is 0 Å². The van der Waals surface area contributed by atoms with E-state index in [1.165, 1.54) is 51.0 Å². The van der Waals surface area contributed by atoms with Crippen molar-refractivity contribution in [1.29, 1.82) is 0 Å². The number of carbonyl (C=O) groups is 1. The van der Waals surface area contributed by atoms with E-state index in [1.54, 1.807) is 6.08 Å². The molecule has 118 valence electrons. The molecule has 1 fully saturated rings. The lowest BCUT2D eigenvalue weighted by atomic mass is 10.1. The number of allylic oxidation sites excluding steroid dienone is 5. The molecule has 0 radical (unpaired) electrons. The maximum absolute atomic E-state index is 10.2. The molecular formula is C18H28O3. The molecule has 0 amide bonds. The predicted octanol–water partition coefficient (Wildman–Crippen LogP) is 4.65. The molecule has 1 saturated heterocycles. The van der Waals surface area contributed by atoms with E-state index in [4.69, 9.17) is 9.84 Å². The lowest BCUT2D eigenvalue weighted by molar-refractivity contribution is -0.131. The van der Waals surface area contributed by atoms with E-state index in [1.807, 2.05) is 12.2 Å². The number of hydrogen-bond donors (Lipinski definition) is 1. The summed E-state index contributed by atoms with van der Waals surface area (Å²) in [7, 11) is 0. The number of unbranched alkanes of at least 4 members (excludes halogenated alkanes) is 4. The minimum absolute atomic E-state index is 0.534. The van der Waals surface area contributed by atoms with Crippen LogP contribution in [0, 0.1) is 0 Å². The van der Waals surface area contributed by atoms with Crippen molar-refractivity contribution in [2.24, 2.45) is 0 Å².